The van der Waals surface area contributed by atoms with Gasteiger partial charge in [-0.15, -0.1) is 0 Å². The summed E-state index contributed by atoms with van der Waals surface area (Å²) in [6.07, 6.45) is -4.34. The molecule has 0 radical (unpaired) electrons. The molecule has 19 heavy (non-hydrogen) atoms. The molecule has 1 heterocycles. The maximum atomic E-state index is 14.0. The van der Waals surface area contributed by atoms with Gasteiger partial charge in [0.1, 0.15) is 0 Å². The van der Waals surface area contributed by atoms with Gasteiger partial charge < -0.3 is 10.1 Å². The van der Waals surface area contributed by atoms with Crippen molar-refractivity contribution in [1.82, 2.24) is 5.32 Å². The Balaban J connectivity index is 2.22. The van der Waals surface area contributed by atoms with E-state index in [1.807, 2.05) is 0 Å². The third-order valence-corrected chi connectivity index (χ3v) is 3.46. The number of piperidine rings is 1. The molecule has 106 valence electrons. The van der Waals surface area contributed by atoms with E-state index in [0.29, 0.717) is 0 Å². The Hall–Kier alpha value is -1.30. The molecule has 0 aliphatic carbocycles. The molecule has 1 N–H and O–H groups in total. The van der Waals surface area contributed by atoms with Crippen LogP contribution in [0, 0.1) is 11.7 Å². The highest BCUT2D eigenvalue weighted by atomic mass is 19.4. The van der Waals surface area contributed by atoms with Crippen molar-refractivity contribution in [2.45, 2.75) is 25.1 Å². The molecule has 0 aromatic heterocycles. The average Bonchev–Trinajstić information content (AvgIpc) is 2.38. The minimum absolute atomic E-state index is 0.0333. The number of hydrogen-bond donors (Lipinski definition) is 1. The zero-order valence-electron chi connectivity index (χ0n) is 10.4. The molecule has 0 bridgehead atoms. The van der Waals surface area contributed by atoms with Crippen LogP contribution in [0.5, 0.6) is 5.75 Å². The lowest BCUT2D eigenvalue weighted by molar-refractivity contribution is -0.183. The van der Waals surface area contributed by atoms with Gasteiger partial charge in [0.15, 0.2) is 11.6 Å². The molecule has 0 saturated carbocycles. The average molecular weight is 277 g/mol. The Morgan fingerprint density at radius 3 is 2.68 bits per heavy atom. The van der Waals surface area contributed by atoms with Crippen molar-refractivity contribution >= 4 is 0 Å². The van der Waals surface area contributed by atoms with Crippen LogP contribution in [0.3, 0.4) is 0 Å². The van der Waals surface area contributed by atoms with E-state index < -0.39 is 24.0 Å². The maximum absolute atomic E-state index is 14.0. The van der Waals surface area contributed by atoms with Crippen LogP contribution in [0.15, 0.2) is 18.2 Å². The summed E-state index contributed by atoms with van der Waals surface area (Å²) in [6, 6.07) is 3.89. The number of benzene rings is 1. The van der Waals surface area contributed by atoms with Gasteiger partial charge in [0.05, 0.1) is 13.0 Å². The third kappa shape index (κ3) is 3.00. The van der Waals surface area contributed by atoms with Gasteiger partial charge in [-0.3, -0.25) is 0 Å². The maximum Gasteiger partial charge on any atom is 0.391 e. The molecule has 2 rings (SSSR count). The van der Waals surface area contributed by atoms with Gasteiger partial charge in [-0.1, -0.05) is 12.1 Å². The first-order valence-corrected chi connectivity index (χ1v) is 6.06. The van der Waals surface area contributed by atoms with Crippen molar-refractivity contribution < 1.29 is 22.3 Å². The zero-order valence-corrected chi connectivity index (χ0v) is 10.4. The van der Waals surface area contributed by atoms with E-state index in [-0.39, 0.29) is 30.7 Å². The summed E-state index contributed by atoms with van der Waals surface area (Å²) >= 11 is 0. The molecular formula is C13H15F4NO. The second-order valence-electron chi connectivity index (χ2n) is 4.63. The highest BCUT2D eigenvalue weighted by Crippen LogP contribution is 2.39. The fourth-order valence-corrected chi connectivity index (χ4v) is 2.41. The summed E-state index contributed by atoms with van der Waals surface area (Å²) < 4.78 is 57.1. The van der Waals surface area contributed by atoms with Crippen molar-refractivity contribution in [3.05, 3.63) is 29.6 Å². The lowest BCUT2D eigenvalue weighted by Crippen LogP contribution is -2.38. The number of methoxy groups -OCH3 is 1. The number of alkyl halides is 3. The van der Waals surface area contributed by atoms with Crippen molar-refractivity contribution in [2.24, 2.45) is 5.92 Å². The van der Waals surface area contributed by atoms with E-state index in [9.17, 15) is 17.6 Å². The SMILES string of the molecule is COc1cccc(C2CC(C(F)(F)F)CCN2)c1F. The quantitative estimate of drug-likeness (QED) is 0.836. The molecule has 1 aromatic carbocycles. The van der Waals surface area contributed by atoms with Gasteiger partial charge in [-0.2, -0.15) is 13.2 Å². The molecule has 0 amide bonds. The molecule has 2 atom stereocenters. The monoisotopic (exact) mass is 277 g/mol. The van der Waals surface area contributed by atoms with Crippen LogP contribution in [0.25, 0.3) is 0 Å². The molecule has 1 fully saturated rings. The minimum atomic E-state index is -4.23. The molecule has 1 aromatic rings. The highest BCUT2D eigenvalue weighted by molar-refractivity contribution is 5.33. The molecule has 1 aliphatic rings. The predicted molar refractivity (Wildman–Crippen MR) is 62.5 cm³/mol. The number of halogens is 4. The Morgan fingerprint density at radius 1 is 1.32 bits per heavy atom. The first-order chi connectivity index (χ1) is 8.93. The van der Waals surface area contributed by atoms with E-state index in [4.69, 9.17) is 4.74 Å². The smallest absolute Gasteiger partial charge is 0.391 e. The lowest BCUT2D eigenvalue weighted by Gasteiger charge is -2.32. The molecular weight excluding hydrogens is 262 g/mol. The third-order valence-electron chi connectivity index (χ3n) is 3.46. The van der Waals surface area contributed by atoms with Gasteiger partial charge in [0.25, 0.3) is 0 Å². The fourth-order valence-electron chi connectivity index (χ4n) is 2.41. The molecule has 6 heteroatoms. The predicted octanol–water partition coefficient (Wildman–Crippen LogP) is 3.44. The Bertz CT molecular complexity index is 447. The lowest BCUT2D eigenvalue weighted by atomic mass is 9.88. The summed E-state index contributed by atoms with van der Waals surface area (Å²) in [5.74, 6) is -1.93. The summed E-state index contributed by atoms with van der Waals surface area (Å²) in [4.78, 5) is 0. The van der Waals surface area contributed by atoms with E-state index >= 15 is 0 Å². The fraction of sp³-hybridized carbons (Fsp3) is 0.538. The topological polar surface area (TPSA) is 21.3 Å². The molecule has 2 nitrogen and oxygen atoms in total. The van der Waals surface area contributed by atoms with Crippen LogP contribution < -0.4 is 10.1 Å². The van der Waals surface area contributed by atoms with Crippen LogP contribution in [0.4, 0.5) is 17.6 Å². The van der Waals surface area contributed by atoms with Crippen molar-refractivity contribution in [3.63, 3.8) is 0 Å². The number of nitrogens with one attached hydrogen (secondary N) is 1. The Morgan fingerprint density at radius 2 is 2.05 bits per heavy atom. The molecule has 0 spiro atoms. The first-order valence-electron chi connectivity index (χ1n) is 6.06. The Labute approximate surface area is 108 Å². The second-order valence-corrected chi connectivity index (χ2v) is 4.63. The standard InChI is InChI=1S/C13H15F4NO/c1-19-11-4-2-3-9(12(11)14)10-7-8(5-6-18-10)13(15,16)17/h2-4,8,10,18H,5-7H2,1H3. The molecule has 1 aliphatic heterocycles. The van der Waals surface area contributed by atoms with Gasteiger partial charge in [0.2, 0.25) is 0 Å². The second kappa shape index (κ2) is 5.36. The largest absolute Gasteiger partial charge is 0.494 e. The Kier molecular flexibility index (Phi) is 3.99. The zero-order chi connectivity index (χ0) is 14.0. The summed E-state index contributed by atoms with van der Waals surface area (Å²) in [6.45, 7) is 0.228. The van der Waals surface area contributed by atoms with Gasteiger partial charge in [-0.25, -0.2) is 4.39 Å². The summed E-state index contributed by atoms with van der Waals surface area (Å²) in [5.41, 5.74) is 0.230. The van der Waals surface area contributed by atoms with Crippen LogP contribution >= 0.6 is 0 Å². The van der Waals surface area contributed by atoms with E-state index in [1.165, 1.54) is 19.2 Å². The van der Waals surface area contributed by atoms with Gasteiger partial charge in [0, 0.05) is 11.6 Å². The number of ether oxygens (including phenoxy) is 1. The van der Waals surface area contributed by atoms with Gasteiger partial charge >= 0.3 is 6.18 Å². The number of rotatable bonds is 2. The molecule has 1 saturated heterocycles. The van der Waals surface area contributed by atoms with Crippen molar-refractivity contribution in [1.29, 1.82) is 0 Å². The van der Waals surface area contributed by atoms with E-state index in [2.05, 4.69) is 5.32 Å². The van der Waals surface area contributed by atoms with Crippen LogP contribution in [-0.4, -0.2) is 19.8 Å². The number of hydrogen-bond acceptors (Lipinski definition) is 2. The van der Waals surface area contributed by atoms with E-state index in [1.54, 1.807) is 6.07 Å². The summed E-state index contributed by atoms with van der Waals surface area (Å²) in [5, 5.41) is 2.93. The normalized spacial score (nSPS) is 24.3. The van der Waals surface area contributed by atoms with Crippen LogP contribution in [0.1, 0.15) is 24.4 Å². The highest BCUT2D eigenvalue weighted by Gasteiger charge is 2.42. The minimum Gasteiger partial charge on any atom is -0.494 e. The first kappa shape index (κ1) is 14.1. The van der Waals surface area contributed by atoms with E-state index in [0.717, 1.165) is 0 Å². The van der Waals surface area contributed by atoms with Gasteiger partial charge in [-0.05, 0) is 25.5 Å². The van der Waals surface area contributed by atoms with Crippen molar-refractivity contribution in [2.75, 3.05) is 13.7 Å². The van der Waals surface area contributed by atoms with Crippen LogP contribution in [0.2, 0.25) is 0 Å². The molecule has 2 unspecified atom stereocenters. The van der Waals surface area contributed by atoms with Crippen molar-refractivity contribution in [3.8, 4) is 5.75 Å². The summed E-state index contributed by atoms with van der Waals surface area (Å²) in [7, 11) is 1.33. The van der Waals surface area contributed by atoms with Crippen LogP contribution in [-0.2, 0) is 0 Å².